The van der Waals surface area contributed by atoms with E-state index in [0.29, 0.717) is 0 Å². The number of hydrogen-bond acceptors (Lipinski definition) is 3. The van der Waals surface area contributed by atoms with Crippen molar-refractivity contribution in [3.05, 3.63) is 127 Å². The van der Waals surface area contributed by atoms with E-state index in [1.807, 2.05) is 30.7 Å². The van der Waals surface area contributed by atoms with Crippen molar-refractivity contribution < 1.29 is 0 Å². The summed E-state index contributed by atoms with van der Waals surface area (Å²) in [7, 11) is 0. The highest BCUT2D eigenvalue weighted by molar-refractivity contribution is 6.17. The first-order valence-corrected chi connectivity index (χ1v) is 13.1. The van der Waals surface area contributed by atoms with E-state index in [4.69, 9.17) is 0 Å². The normalized spacial score (nSPS) is 14.2. The van der Waals surface area contributed by atoms with E-state index in [1.54, 1.807) is 0 Å². The number of nitrogens with zero attached hydrogens (tertiary/aromatic N) is 3. The summed E-state index contributed by atoms with van der Waals surface area (Å²) in [6, 6.07) is 35.1. The van der Waals surface area contributed by atoms with Crippen molar-refractivity contribution in [2.24, 2.45) is 0 Å². The van der Waals surface area contributed by atoms with Gasteiger partial charge in [0.1, 0.15) is 0 Å². The van der Waals surface area contributed by atoms with Gasteiger partial charge in [0, 0.05) is 34.3 Å². The van der Waals surface area contributed by atoms with E-state index in [2.05, 4.69) is 114 Å². The fourth-order valence-electron chi connectivity index (χ4n) is 6.58. The molecule has 180 valence electrons. The first-order chi connectivity index (χ1) is 18.6. The van der Waals surface area contributed by atoms with Gasteiger partial charge in [0.05, 0.1) is 29.0 Å². The van der Waals surface area contributed by atoms with Crippen LogP contribution in [0.5, 0.6) is 0 Å². The van der Waals surface area contributed by atoms with Crippen LogP contribution in [0.15, 0.2) is 116 Å². The van der Waals surface area contributed by atoms with Crippen LogP contribution in [-0.4, -0.2) is 9.97 Å². The highest BCUT2D eigenvalue weighted by Crippen LogP contribution is 2.57. The summed E-state index contributed by atoms with van der Waals surface area (Å²) in [4.78, 5) is 11.6. The maximum Gasteiger partial charge on any atom is 0.0708 e. The molecular weight excluding hydrogens is 462 g/mol. The minimum Gasteiger partial charge on any atom is -0.308 e. The van der Waals surface area contributed by atoms with Gasteiger partial charge >= 0.3 is 0 Å². The Labute approximate surface area is 222 Å². The van der Waals surface area contributed by atoms with Gasteiger partial charge in [-0.25, -0.2) is 0 Å². The van der Waals surface area contributed by atoms with Gasteiger partial charge < -0.3 is 4.90 Å². The Morgan fingerprint density at radius 3 is 2.32 bits per heavy atom. The predicted octanol–water partition coefficient (Wildman–Crippen LogP) is 9.05. The topological polar surface area (TPSA) is 29.0 Å². The van der Waals surface area contributed by atoms with Gasteiger partial charge in [0.25, 0.3) is 0 Å². The van der Waals surface area contributed by atoms with E-state index >= 15 is 0 Å². The molecule has 0 amide bonds. The molecule has 1 aliphatic carbocycles. The number of pyridine rings is 2. The van der Waals surface area contributed by atoms with E-state index in [1.165, 1.54) is 55.5 Å². The van der Waals surface area contributed by atoms with Crippen LogP contribution in [0.25, 0.3) is 44.3 Å². The molecule has 3 nitrogen and oxygen atoms in total. The Balaban J connectivity index is 1.49. The quantitative estimate of drug-likeness (QED) is 0.244. The number of hydrogen-bond donors (Lipinski definition) is 0. The molecule has 0 saturated carbocycles. The molecule has 0 bridgehead atoms. The Morgan fingerprint density at radius 1 is 0.605 bits per heavy atom. The lowest BCUT2D eigenvalue weighted by molar-refractivity contribution is 0.660. The highest BCUT2D eigenvalue weighted by atomic mass is 15.2. The minimum absolute atomic E-state index is 0.0727. The first-order valence-electron chi connectivity index (χ1n) is 13.1. The average Bonchev–Trinajstić information content (AvgIpc) is 3.19. The average molecular weight is 488 g/mol. The zero-order valence-corrected chi connectivity index (χ0v) is 21.3. The molecule has 0 N–H and O–H groups in total. The minimum atomic E-state index is -0.0727. The molecule has 0 radical (unpaired) electrons. The molecule has 0 atom stereocenters. The molecule has 8 rings (SSSR count). The van der Waals surface area contributed by atoms with Crippen molar-refractivity contribution in [2.45, 2.75) is 19.3 Å². The number of rotatable bonds is 2. The highest BCUT2D eigenvalue weighted by Gasteiger charge is 2.38. The van der Waals surface area contributed by atoms with Gasteiger partial charge in [-0.2, -0.15) is 0 Å². The lowest BCUT2D eigenvalue weighted by Crippen LogP contribution is -2.19. The molecular formula is C35H25N3. The summed E-state index contributed by atoms with van der Waals surface area (Å²) in [5.74, 6) is 0. The number of anilines is 3. The maximum atomic E-state index is 4.69. The van der Waals surface area contributed by atoms with Crippen LogP contribution in [0.2, 0.25) is 0 Å². The molecule has 2 aliphatic rings. The Hall–Kier alpha value is -4.76. The van der Waals surface area contributed by atoms with E-state index in [9.17, 15) is 0 Å². The summed E-state index contributed by atoms with van der Waals surface area (Å²) in [6.45, 7) is 4.68. The maximum absolute atomic E-state index is 4.69. The van der Waals surface area contributed by atoms with Crippen molar-refractivity contribution in [3.63, 3.8) is 0 Å². The fourth-order valence-corrected chi connectivity index (χ4v) is 6.58. The van der Waals surface area contributed by atoms with Gasteiger partial charge in [-0.1, -0.05) is 68.4 Å². The van der Waals surface area contributed by atoms with Crippen molar-refractivity contribution in [3.8, 4) is 33.5 Å². The van der Waals surface area contributed by atoms with Gasteiger partial charge in [-0.15, -0.1) is 0 Å². The van der Waals surface area contributed by atoms with Crippen LogP contribution in [-0.2, 0) is 5.41 Å². The molecule has 0 saturated heterocycles. The van der Waals surface area contributed by atoms with Crippen molar-refractivity contribution in [2.75, 3.05) is 4.90 Å². The Kier molecular flexibility index (Phi) is 4.28. The number of aromatic nitrogens is 2. The molecule has 0 fully saturated rings. The van der Waals surface area contributed by atoms with Crippen molar-refractivity contribution in [1.29, 1.82) is 0 Å². The van der Waals surface area contributed by atoms with Crippen LogP contribution in [0.1, 0.15) is 25.0 Å². The van der Waals surface area contributed by atoms with Crippen molar-refractivity contribution >= 4 is 27.8 Å². The SMILES string of the molecule is CC1(C)c2ccccc2-c2cc3c(cc21)N(c1cccnc1)c1ccc(-c2ccccn2)c2cccc-3c12. The summed E-state index contributed by atoms with van der Waals surface area (Å²) < 4.78 is 0. The second kappa shape index (κ2) is 7.62. The van der Waals surface area contributed by atoms with Crippen LogP contribution in [0.3, 0.4) is 0 Å². The molecule has 4 aromatic carbocycles. The van der Waals surface area contributed by atoms with Gasteiger partial charge in [-0.05, 0) is 75.7 Å². The molecule has 0 spiro atoms. The Morgan fingerprint density at radius 2 is 1.47 bits per heavy atom. The summed E-state index contributed by atoms with van der Waals surface area (Å²) in [5.41, 5.74) is 13.4. The summed E-state index contributed by atoms with van der Waals surface area (Å²) >= 11 is 0. The summed E-state index contributed by atoms with van der Waals surface area (Å²) in [5, 5.41) is 2.46. The monoisotopic (exact) mass is 487 g/mol. The van der Waals surface area contributed by atoms with E-state index < -0.39 is 0 Å². The third-order valence-electron chi connectivity index (χ3n) is 8.34. The number of benzene rings is 4. The van der Waals surface area contributed by atoms with Crippen LogP contribution < -0.4 is 4.90 Å². The van der Waals surface area contributed by atoms with E-state index in [0.717, 1.165) is 16.9 Å². The zero-order chi connectivity index (χ0) is 25.4. The lowest BCUT2D eigenvalue weighted by Gasteiger charge is -2.35. The molecule has 3 heterocycles. The molecule has 2 aromatic heterocycles. The smallest absolute Gasteiger partial charge is 0.0708 e. The molecule has 0 unspecified atom stereocenters. The standard InChI is InChI=1S/C35H25N3/c1-35(2)29-13-4-3-10-23(29)27-19-28-26-12-7-11-25-24(31-14-5-6-18-37-31)15-16-32(34(25)26)38(33(28)20-30(27)35)22-9-8-17-36-21-22/h3-21H,1-2H3. The third-order valence-corrected chi connectivity index (χ3v) is 8.34. The van der Waals surface area contributed by atoms with Gasteiger partial charge in [0.2, 0.25) is 0 Å². The molecule has 6 aromatic rings. The molecule has 1 aliphatic heterocycles. The van der Waals surface area contributed by atoms with Crippen molar-refractivity contribution in [1.82, 2.24) is 9.97 Å². The zero-order valence-electron chi connectivity index (χ0n) is 21.3. The first kappa shape index (κ1) is 21.3. The summed E-state index contributed by atoms with van der Waals surface area (Å²) in [6.07, 6.45) is 5.67. The second-order valence-electron chi connectivity index (χ2n) is 10.7. The Bertz CT molecular complexity index is 1890. The molecule has 38 heavy (non-hydrogen) atoms. The number of fused-ring (bicyclic) bond motifs is 5. The van der Waals surface area contributed by atoms with Crippen LogP contribution >= 0.6 is 0 Å². The largest absolute Gasteiger partial charge is 0.308 e. The fraction of sp³-hybridized carbons (Fsp3) is 0.0857. The van der Waals surface area contributed by atoms with Crippen LogP contribution in [0.4, 0.5) is 17.1 Å². The molecule has 3 heteroatoms. The van der Waals surface area contributed by atoms with Gasteiger partial charge in [-0.3, -0.25) is 9.97 Å². The second-order valence-corrected chi connectivity index (χ2v) is 10.7. The lowest BCUT2D eigenvalue weighted by atomic mass is 9.80. The van der Waals surface area contributed by atoms with Crippen LogP contribution in [0, 0.1) is 0 Å². The van der Waals surface area contributed by atoms with E-state index in [-0.39, 0.29) is 5.41 Å². The third kappa shape index (κ3) is 2.79. The van der Waals surface area contributed by atoms with Gasteiger partial charge in [0.15, 0.2) is 0 Å². The predicted molar refractivity (Wildman–Crippen MR) is 156 cm³/mol.